The zero-order chi connectivity index (χ0) is 16.5. The number of hydrogen-bond acceptors (Lipinski definition) is 5. The number of hydrogen-bond donors (Lipinski definition) is 1. The molecule has 0 aromatic carbocycles. The molecule has 2 rings (SSSR count). The van der Waals surface area contributed by atoms with Crippen LogP contribution in [0.5, 0.6) is 0 Å². The Morgan fingerprint density at radius 1 is 1.27 bits per heavy atom. The summed E-state index contributed by atoms with van der Waals surface area (Å²) in [6.07, 6.45) is -3.86. The van der Waals surface area contributed by atoms with Crippen molar-refractivity contribution in [2.75, 3.05) is 6.54 Å². The zero-order valence-electron chi connectivity index (χ0n) is 12.4. The van der Waals surface area contributed by atoms with E-state index in [4.69, 9.17) is 0 Å². The molecule has 122 valence electrons. The lowest BCUT2D eigenvalue weighted by molar-refractivity contribution is -0.146. The fraction of sp³-hybridized carbons (Fsp3) is 0.667. The number of nitrogens with one attached hydrogen (secondary N) is 1. The van der Waals surface area contributed by atoms with Gasteiger partial charge in [-0.05, 0) is 5.41 Å². The van der Waals surface area contributed by atoms with Crippen LogP contribution < -0.4 is 5.32 Å². The van der Waals surface area contributed by atoms with Crippen molar-refractivity contribution in [3.8, 4) is 0 Å². The number of rotatable bonds is 4. The first-order valence-electron chi connectivity index (χ1n) is 6.61. The highest BCUT2D eigenvalue weighted by molar-refractivity contribution is 7.16. The standard InChI is InChI=1S/C12H16F3N5OS/c1-11(2,3)6-7(21)16-5-4-8-19-20-9(12(13,14)15)17-18-10(20)22-8/h4-6H2,1-3H3,(H,16,21). The molecular weight excluding hydrogens is 319 g/mol. The Bertz CT molecular complexity index is 670. The number of fused-ring (bicyclic) bond motifs is 1. The zero-order valence-corrected chi connectivity index (χ0v) is 13.2. The molecule has 2 aromatic heterocycles. The summed E-state index contributed by atoms with van der Waals surface area (Å²) in [5.74, 6) is -1.23. The molecule has 2 aromatic rings. The van der Waals surface area contributed by atoms with E-state index >= 15 is 0 Å². The second kappa shape index (κ2) is 5.82. The summed E-state index contributed by atoms with van der Waals surface area (Å²) in [5.41, 5.74) is -0.112. The van der Waals surface area contributed by atoms with Crippen molar-refractivity contribution in [2.24, 2.45) is 5.41 Å². The van der Waals surface area contributed by atoms with Crippen LogP contribution in [0.2, 0.25) is 0 Å². The van der Waals surface area contributed by atoms with Gasteiger partial charge in [-0.3, -0.25) is 4.79 Å². The maximum atomic E-state index is 12.7. The lowest BCUT2D eigenvalue weighted by Crippen LogP contribution is -2.29. The van der Waals surface area contributed by atoms with Gasteiger partial charge >= 0.3 is 6.18 Å². The van der Waals surface area contributed by atoms with Gasteiger partial charge in [0.2, 0.25) is 10.9 Å². The summed E-state index contributed by atoms with van der Waals surface area (Å²) in [7, 11) is 0. The second-order valence-electron chi connectivity index (χ2n) is 6.05. The van der Waals surface area contributed by atoms with Crippen LogP contribution in [0.4, 0.5) is 13.2 Å². The predicted molar refractivity (Wildman–Crippen MR) is 74.4 cm³/mol. The SMILES string of the molecule is CC(C)(C)CC(=O)NCCc1nn2c(C(F)(F)F)nnc2s1. The Morgan fingerprint density at radius 3 is 2.55 bits per heavy atom. The van der Waals surface area contributed by atoms with Crippen LogP contribution in [0.3, 0.4) is 0 Å². The average Bonchev–Trinajstić information content (AvgIpc) is 2.83. The lowest BCUT2D eigenvalue weighted by atomic mass is 9.92. The average molecular weight is 335 g/mol. The van der Waals surface area contributed by atoms with Crippen molar-refractivity contribution in [3.63, 3.8) is 0 Å². The molecule has 0 bridgehead atoms. The van der Waals surface area contributed by atoms with Crippen molar-refractivity contribution in [2.45, 2.75) is 39.8 Å². The predicted octanol–water partition coefficient (Wildman–Crippen LogP) is 2.30. The molecular formula is C12H16F3N5OS. The first kappa shape index (κ1) is 16.7. The molecule has 1 N–H and O–H groups in total. The Hall–Kier alpha value is -1.71. The third-order valence-electron chi connectivity index (χ3n) is 2.64. The molecule has 0 spiro atoms. The van der Waals surface area contributed by atoms with Crippen molar-refractivity contribution < 1.29 is 18.0 Å². The minimum atomic E-state index is -4.59. The van der Waals surface area contributed by atoms with E-state index in [-0.39, 0.29) is 16.3 Å². The van der Waals surface area contributed by atoms with Crippen molar-refractivity contribution in [1.82, 2.24) is 25.1 Å². The summed E-state index contributed by atoms with van der Waals surface area (Å²) < 4.78 is 38.7. The third-order valence-corrected chi connectivity index (χ3v) is 3.60. The molecule has 1 amide bonds. The van der Waals surface area contributed by atoms with Gasteiger partial charge in [0.1, 0.15) is 5.01 Å². The highest BCUT2D eigenvalue weighted by Crippen LogP contribution is 2.28. The molecule has 0 aliphatic heterocycles. The molecule has 0 aliphatic carbocycles. The number of carbonyl (C=O) groups is 1. The van der Waals surface area contributed by atoms with Crippen LogP contribution in [0.25, 0.3) is 4.96 Å². The summed E-state index contributed by atoms with van der Waals surface area (Å²) in [6.45, 7) is 6.18. The Balaban J connectivity index is 1.96. The molecule has 0 unspecified atom stereocenters. The smallest absolute Gasteiger partial charge is 0.356 e. The van der Waals surface area contributed by atoms with E-state index in [9.17, 15) is 18.0 Å². The Labute approximate surface area is 128 Å². The first-order chi connectivity index (χ1) is 10.1. The van der Waals surface area contributed by atoms with Crippen molar-refractivity contribution >= 4 is 22.2 Å². The van der Waals surface area contributed by atoms with Gasteiger partial charge in [0, 0.05) is 19.4 Å². The molecule has 0 saturated heterocycles. The van der Waals surface area contributed by atoms with Gasteiger partial charge in [-0.15, -0.1) is 10.2 Å². The van der Waals surface area contributed by atoms with Gasteiger partial charge < -0.3 is 5.32 Å². The molecule has 0 saturated carbocycles. The molecule has 0 aliphatic rings. The third kappa shape index (κ3) is 4.15. The number of halogens is 3. The van der Waals surface area contributed by atoms with Crippen LogP contribution in [-0.2, 0) is 17.4 Å². The molecule has 2 heterocycles. The maximum absolute atomic E-state index is 12.7. The van der Waals surface area contributed by atoms with E-state index in [1.54, 1.807) is 0 Å². The van der Waals surface area contributed by atoms with E-state index in [0.717, 1.165) is 11.3 Å². The Kier molecular flexibility index (Phi) is 4.41. The monoisotopic (exact) mass is 335 g/mol. The fourth-order valence-electron chi connectivity index (χ4n) is 1.79. The molecule has 6 nitrogen and oxygen atoms in total. The summed E-state index contributed by atoms with van der Waals surface area (Å²) in [6, 6.07) is 0. The van der Waals surface area contributed by atoms with E-state index in [1.165, 1.54) is 0 Å². The van der Waals surface area contributed by atoms with Crippen LogP contribution in [-0.4, -0.2) is 32.3 Å². The Morgan fingerprint density at radius 2 is 1.95 bits per heavy atom. The normalized spacial score (nSPS) is 12.8. The molecule has 10 heteroatoms. The van der Waals surface area contributed by atoms with E-state index in [0.29, 0.717) is 28.9 Å². The molecule has 0 radical (unpaired) electrons. The summed E-state index contributed by atoms with van der Waals surface area (Å²) >= 11 is 1.03. The van der Waals surface area contributed by atoms with Crippen LogP contribution in [0, 0.1) is 5.41 Å². The number of nitrogens with zero attached hydrogens (tertiary/aromatic N) is 4. The first-order valence-corrected chi connectivity index (χ1v) is 7.43. The van der Waals surface area contributed by atoms with E-state index in [1.807, 2.05) is 20.8 Å². The fourth-order valence-corrected chi connectivity index (χ4v) is 2.62. The van der Waals surface area contributed by atoms with E-state index < -0.39 is 12.0 Å². The van der Waals surface area contributed by atoms with Gasteiger partial charge in [0.05, 0.1) is 0 Å². The highest BCUT2D eigenvalue weighted by atomic mass is 32.1. The molecule has 0 fully saturated rings. The van der Waals surface area contributed by atoms with Crippen molar-refractivity contribution in [1.29, 1.82) is 0 Å². The largest absolute Gasteiger partial charge is 0.453 e. The molecule has 22 heavy (non-hydrogen) atoms. The van der Waals surface area contributed by atoms with Crippen molar-refractivity contribution in [3.05, 3.63) is 10.8 Å². The lowest BCUT2D eigenvalue weighted by Gasteiger charge is -2.16. The van der Waals surface area contributed by atoms with Gasteiger partial charge in [0.15, 0.2) is 0 Å². The minimum Gasteiger partial charge on any atom is -0.356 e. The number of aromatic nitrogens is 4. The topological polar surface area (TPSA) is 72.2 Å². The second-order valence-corrected chi connectivity index (χ2v) is 7.09. The minimum absolute atomic E-state index is 0.0864. The number of carbonyl (C=O) groups excluding carboxylic acids is 1. The van der Waals surface area contributed by atoms with Crippen LogP contribution in [0.15, 0.2) is 0 Å². The van der Waals surface area contributed by atoms with Gasteiger partial charge in [-0.1, -0.05) is 32.1 Å². The number of amides is 1. The summed E-state index contributed by atoms with van der Waals surface area (Å²) in [4.78, 5) is 11.7. The summed E-state index contributed by atoms with van der Waals surface area (Å²) in [5, 5.41) is 13.6. The van der Waals surface area contributed by atoms with Crippen LogP contribution >= 0.6 is 11.3 Å². The quantitative estimate of drug-likeness (QED) is 0.930. The van der Waals surface area contributed by atoms with E-state index in [2.05, 4.69) is 20.6 Å². The van der Waals surface area contributed by atoms with Gasteiger partial charge in [-0.2, -0.15) is 22.8 Å². The number of alkyl halides is 3. The van der Waals surface area contributed by atoms with Gasteiger partial charge in [-0.25, -0.2) is 0 Å². The highest BCUT2D eigenvalue weighted by Gasteiger charge is 2.38. The maximum Gasteiger partial charge on any atom is 0.453 e. The van der Waals surface area contributed by atoms with Crippen LogP contribution in [0.1, 0.15) is 38.0 Å². The van der Waals surface area contributed by atoms with Gasteiger partial charge in [0.25, 0.3) is 5.82 Å². The molecule has 0 atom stereocenters.